The van der Waals surface area contributed by atoms with Gasteiger partial charge >= 0.3 is 11.9 Å². The molecule has 0 aliphatic carbocycles. The van der Waals surface area contributed by atoms with E-state index < -0.39 is 11.9 Å². The first kappa shape index (κ1) is 19.9. The molecule has 0 N–H and O–H groups in total. The van der Waals surface area contributed by atoms with E-state index in [9.17, 15) is 9.59 Å². The van der Waals surface area contributed by atoms with Gasteiger partial charge in [0.05, 0.1) is 45.1 Å². The summed E-state index contributed by atoms with van der Waals surface area (Å²) in [5, 5.41) is 0. The number of rotatable bonds is 7. The molecule has 7 nitrogen and oxygen atoms in total. The van der Waals surface area contributed by atoms with Crippen LogP contribution in [0, 0.1) is 0 Å². The van der Waals surface area contributed by atoms with Crippen LogP contribution in [0.15, 0.2) is 29.2 Å². The summed E-state index contributed by atoms with van der Waals surface area (Å²) in [6.45, 7) is 0.105. The third-order valence-corrected chi connectivity index (χ3v) is 5.49. The van der Waals surface area contributed by atoms with E-state index in [0.717, 1.165) is 4.90 Å². The molecule has 0 saturated heterocycles. The number of fused-ring (bicyclic) bond motifs is 1. The van der Waals surface area contributed by atoms with Gasteiger partial charge in [0.2, 0.25) is 5.75 Å². The van der Waals surface area contributed by atoms with Crippen LogP contribution in [-0.2, 0) is 21.8 Å². The fraction of sp³-hybridized carbons (Fsp3) is 0.300. The largest absolute Gasteiger partial charge is 0.492 e. The molecule has 28 heavy (non-hydrogen) atoms. The highest BCUT2D eigenvalue weighted by atomic mass is 32.2. The minimum absolute atomic E-state index is 0.105. The van der Waals surface area contributed by atoms with E-state index in [1.54, 1.807) is 12.1 Å². The number of methoxy groups -OCH3 is 4. The lowest BCUT2D eigenvalue weighted by Crippen LogP contribution is -2.07. The molecule has 0 radical (unpaired) electrons. The Kier molecular flexibility index (Phi) is 5.99. The third kappa shape index (κ3) is 3.35. The summed E-state index contributed by atoms with van der Waals surface area (Å²) in [5.41, 5.74) is 2.12. The highest BCUT2D eigenvalue weighted by Crippen LogP contribution is 2.49. The zero-order chi connectivity index (χ0) is 20.3. The summed E-state index contributed by atoms with van der Waals surface area (Å²) in [6, 6.07) is 7.11. The smallest absolute Gasteiger partial charge is 0.339 e. The third-order valence-electron chi connectivity index (χ3n) is 4.39. The molecule has 0 bridgehead atoms. The molecule has 0 spiro atoms. The first-order valence-electron chi connectivity index (χ1n) is 8.38. The topological polar surface area (TPSA) is 80.3 Å². The van der Waals surface area contributed by atoms with E-state index in [1.165, 1.54) is 40.2 Å². The Morgan fingerprint density at radius 3 is 2.36 bits per heavy atom. The van der Waals surface area contributed by atoms with Gasteiger partial charge in [-0.1, -0.05) is 12.1 Å². The molecule has 148 valence electrons. The maximum Gasteiger partial charge on any atom is 0.339 e. The Morgan fingerprint density at radius 2 is 1.71 bits per heavy atom. The van der Waals surface area contributed by atoms with E-state index in [-0.39, 0.29) is 6.61 Å². The lowest BCUT2D eigenvalue weighted by molar-refractivity contribution is 0.0532. The molecule has 1 aliphatic heterocycles. The Labute approximate surface area is 166 Å². The lowest BCUT2D eigenvalue weighted by atomic mass is 10.0. The number of carbonyl (C=O) groups excluding carboxylic acids is 2. The summed E-state index contributed by atoms with van der Waals surface area (Å²) < 4.78 is 26.6. The van der Waals surface area contributed by atoms with E-state index in [2.05, 4.69) is 0 Å². The van der Waals surface area contributed by atoms with Crippen LogP contribution in [0.3, 0.4) is 0 Å². The van der Waals surface area contributed by atoms with Crippen LogP contribution in [-0.4, -0.2) is 40.4 Å². The van der Waals surface area contributed by atoms with Crippen LogP contribution < -0.4 is 14.2 Å². The molecule has 2 aromatic carbocycles. The van der Waals surface area contributed by atoms with Gasteiger partial charge in [-0.25, -0.2) is 9.59 Å². The van der Waals surface area contributed by atoms with Crippen LogP contribution in [0.1, 0.15) is 31.8 Å². The molecule has 0 atom stereocenters. The van der Waals surface area contributed by atoms with Gasteiger partial charge in [-0.3, -0.25) is 0 Å². The summed E-state index contributed by atoms with van der Waals surface area (Å²) in [4.78, 5) is 25.1. The summed E-state index contributed by atoms with van der Waals surface area (Å²) >= 11 is 1.39. The Balaban J connectivity index is 2.07. The second-order valence-corrected chi connectivity index (χ2v) is 6.80. The highest BCUT2D eigenvalue weighted by Gasteiger charge is 2.35. The highest BCUT2D eigenvalue weighted by molar-refractivity contribution is 7.98. The Bertz CT molecular complexity index is 923. The van der Waals surface area contributed by atoms with Gasteiger partial charge in [0.25, 0.3) is 0 Å². The quantitative estimate of drug-likeness (QED) is 0.513. The first-order valence-corrected chi connectivity index (χ1v) is 9.36. The summed E-state index contributed by atoms with van der Waals surface area (Å²) in [5.74, 6) is 0.718. The van der Waals surface area contributed by atoms with Crippen LogP contribution in [0.5, 0.6) is 17.2 Å². The average Bonchev–Trinajstić information content (AvgIpc) is 3.11. The van der Waals surface area contributed by atoms with E-state index in [4.69, 9.17) is 23.7 Å². The van der Waals surface area contributed by atoms with Crippen molar-refractivity contribution in [1.82, 2.24) is 0 Å². The molecule has 1 aliphatic rings. The molecular weight excluding hydrogens is 384 g/mol. The van der Waals surface area contributed by atoms with Crippen molar-refractivity contribution in [2.45, 2.75) is 17.3 Å². The number of ether oxygens (including phenoxy) is 5. The zero-order valence-electron chi connectivity index (χ0n) is 16.0. The molecule has 8 heteroatoms. The van der Waals surface area contributed by atoms with E-state index in [1.807, 2.05) is 12.1 Å². The van der Waals surface area contributed by atoms with Crippen LogP contribution in [0.4, 0.5) is 0 Å². The van der Waals surface area contributed by atoms with Crippen LogP contribution in [0.25, 0.3) is 0 Å². The second-order valence-electron chi connectivity index (χ2n) is 5.78. The van der Waals surface area contributed by atoms with Crippen molar-refractivity contribution < 1.29 is 33.3 Å². The maximum absolute atomic E-state index is 12.4. The number of hydrogen-bond acceptors (Lipinski definition) is 8. The molecule has 1 heterocycles. The normalized spacial score (nSPS) is 12.2. The van der Waals surface area contributed by atoms with Crippen molar-refractivity contribution >= 4 is 23.7 Å². The van der Waals surface area contributed by atoms with Gasteiger partial charge in [-0.05, 0) is 12.1 Å². The predicted octanol–water partition coefficient (Wildman–Crippen LogP) is 3.46. The number of carbonyl (C=O) groups is 2. The maximum atomic E-state index is 12.4. The monoisotopic (exact) mass is 404 g/mol. The molecule has 3 rings (SSSR count). The van der Waals surface area contributed by atoms with Crippen molar-refractivity contribution in [2.75, 3.05) is 28.4 Å². The number of benzene rings is 2. The summed E-state index contributed by atoms with van der Waals surface area (Å²) in [6.07, 6.45) is 0. The van der Waals surface area contributed by atoms with Gasteiger partial charge in [-0.15, -0.1) is 11.8 Å². The zero-order valence-corrected chi connectivity index (χ0v) is 16.8. The van der Waals surface area contributed by atoms with Gasteiger partial charge < -0.3 is 23.7 Å². The van der Waals surface area contributed by atoms with Gasteiger partial charge in [0, 0.05) is 16.2 Å². The fourth-order valence-electron chi connectivity index (χ4n) is 3.16. The van der Waals surface area contributed by atoms with Crippen molar-refractivity contribution in [3.05, 3.63) is 46.5 Å². The molecule has 0 amide bonds. The van der Waals surface area contributed by atoms with Crippen molar-refractivity contribution in [3.8, 4) is 17.2 Å². The van der Waals surface area contributed by atoms with Crippen LogP contribution >= 0.6 is 11.8 Å². The predicted molar refractivity (Wildman–Crippen MR) is 103 cm³/mol. The molecule has 0 aromatic heterocycles. The van der Waals surface area contributed by atoms with Crippen molar-refractivity contribution in [2.24, 2.45) is 0 Å². The number of hydrogen-bond donors (Lipinski definition) is 0. The second kappa shape index (κ2) is 8.43. The van der Waals surface area contributed by atoms with E-state index in [0.29, 0.717) is 45.3 Å². The SMILES string of the molecule is COC(=O)c1ccccc1SCc1c(OC)c(OC)c(OC)c2c1C(=O)OC2. The fourth-order valence-corrected chi connectivity index (χ4v) is 4.21. The Hall–Kier alpha value is -2.87. The standard InChI is InChI=1S/C20H20O7S/c1-23-16-12-9-27-20(22)15(12)13(17(24-2)18(16)25-3)10-28-14-8-6-5-7-11(14)19(21)26-4/h5-8H,9-10H2,1-4H3. The number of esters is 2. The average molecular weight is 404 g/mol. The molecular formula is C20H20O7S. The molecule has 0 unspecified atom stereocenters. The first-order chi connectivity index (χ1) is 13.6. The molecule has 2 aromatic rings. The van der Waals surface area contributed by atoms with E-state index >= 15 is 0 Å². The van der Waals surface area contributed by atoms with Crippen molar-refractivity contribution in [3.63, 3.8) is 0 Å². The van der Waals surface area contributed by atoms with Crippen LogP contribution in [0.2, 0.25) is 0 Å². The molecule has 0 fully saturated rings. The Morgan fingerprint density at radius 1 is 1.04 bits per heavy atom. The minimum atomic E-state index is -0.439. The van der Waals surface area contributed by atoms with Gasteiger partial charge in [0.1, 0.15) is 6.61 Å². The minimum Gasteiger partial charge on any atom is -0.492 e. The number of cyclic esters (lactones) is 1. The summed E-state index contributed by atoms with van der Waals surface area (Å²) in [7, 11) is 5.85. The lowest BCUT2D eigenvalue weighted by Gasteiger charge is -2.19. The number of thioether (sulfide) groups is 1. The molecule has 0 saturated carbocycles. The van der Waals surface area contributed by atoms with Gasteiger partial charge in [0.15, 0.2) is 11.5 Å². The van der Waals surface area contributed by atoms with Gasteiger partial charge in [-0.2, -0.15) is 0 Å². The van der Waals surface area contributed by atoms with Crippen molar-refractivity contribution in [1.29, 1.82) is 0 Å².